The van der Waals surface area contributed by atoms with Gasteiger partial charge in [-0.3, -0.25) is 9.48 Å². The van der Waals surface area contributed by atoms with Crippen molar-refractivity contribution in [1.82, 2.24) is 19.7 Å². The smallest absolute Gasteiger partial charge is 0.328 e. The third-order valence-electron chi connectivity index (χ3n) is 3.76. The van der Waals surface area contributed by atoms with Crippen LogP contribution in [0.4, 0.5) is 11.5 Å². The minimum atomic E-state index is -0.530. The number of esters is 1. The maximum Gasteiger partial charge on any atom is 0.328 e. The molecular weight excluding hydrogens is 394 g/mol. The Hall–Kier alpha value is -2.87. The molecule has 1 aromatic carbocycles. The van der Waals surface area contributed by atoms with E-state index in [0.29, 0.717) is 24.0 Å². The van der Waals surface area contributed by atoms with Gasteiger partial charge in [0.15, 0.2) is 0 Å². The summed E-state index contributed by atoms with van der Waals surface area (Å²) in [5.74, 6) is 1.59. The molecule has 2 aromatic heterocycles. The zero-order valence-electron chi connectivity index (χ0n) is 16.7. The van der Waals surface area contributed by atoms with Crippen molar-refractivity contribution in [3.05, 3.63) is 36.9 Å². The van der Waals surface area contributed by atoms with Gasteiger partial charge in [0.1, 0.15) is 30.0 Å². The Kier molecular flexibility index (Phi) is 6.53. The molecule has 0 atom stereocenters. The van der Waals surface area contributed by atoms with Crippen LogP contribution in [0.2, 0.25) is 0 Å². The van der Waals surface area contributed by atoms with Crippen molar-refractivity contribution < 1.29 is 14.3 Å². The van der Waals surface area contributed by atoms with Gasteiger partial charge in [-0.1, -0.05) is 0 Å². The minimum Gasteiger partial charge on any atom is -0.493 e. The number of aromatic nitrogens is 4. The summed E-state index contributed by atoms with van der Waals surface area (Å²) < 4.78 is 12.5. The number of fused-ring (bicyclic) bond motifs is 1. The topological polar surface area (TPSA) is 91.2 Å². The third-order valence-corrected chi connectivity index (χ3v) is 4.03. The highest BCUT2D eigenvalue weighted by molar-refractivity contribution is 6.17. The summed E-state index contributed by atoms with van der Waals surface area (Å²) in [6, 6.07) is 5.64. The first-order valence-corrected chi connectivity index (χ1v) is 9.82. The predicted molar refractivity (Wildman–Crippen MR) is 112 cm³/mol. The third kappa shape index (κ3) is 6.05. The summed E-state index contributed by atoms with van der Waals surface area (Å²) in [7, 11) is 0. The lowest BCUT2D eigenvalue weighted by atomic mass is 10.2. The number of ether oxygens (including phenoxy) is 2. The minimum absolute atomic E-state index is 0.0342. The van der Waals surface area contributed by atoms with Gasteiger partial charge in [-0.2, -0.15) is 5.10 Å². The molecule has 9 heteroatoms. The average Bonchev–Trinajstić information content (AvgIpc) is 3.07. The monoisotopic (exact) mass is 417 g/mol. The fraction of sp³-hybridized carbons (Fsp3) is 0.400. The van der Waals surface area contributed by atoms with E-state index in [0.717, 1.165) is 23.1 Å². The molecule has 0 radical (unpaired) electrons. The molecule has 154 valence electrons. The Balaban J connectivity index is 1.70. The van der Waals surface area contributed by atoms with Gasteiger partial charge < -0.3 is 14.8 Å². The first-order valence-electron chi connectivity index (χ1n) is 9.29. The molecule has 3 rings (SSSR count). The van der Waals surface area contributed by atoms with E-state index in [1.54, 1.807) is 12.4 Å². The number of benzene rings is 1. The fourth-order valence-electron chi connectivity index (χ4n) is 2.63. The van der Waals surface area contributed by atoms with Gasteiger partial charge in [0.2, 0.25) is 0 Å². The molecule has 1 N–H and O–H groups in total. The van der Waals surface area contributed by atoms with E-state index in [9.17, 15) is 4.79 Å². The van der Waals surface area contributed by atoms with Crippen LogP contribution < -0.4 is 10.1 Å². The molecule has 0 aliphatic rings. The lowest BCUT2D eigenvalue weighted by Gasteiger charge is -2.19. The molecule has 0 amide bonds. The number of anilines is 2. The Morgan fingerprint density at radius 3 is 2.86 bits per heavy atom. The van der Waals surface area contributed by atoms with Crippen molar-refractivity contribution in [1.29, 1.82) is 0 Å². The highest BCUT2D eigenvalue weighted by atomic mass is 35.5. The Bertz CT molecular complexity index is 984. The standard InChI is InChI=1S/C20H24ClN5O3/c1-20(2,3)29-18(27)12-26-11-14(10-24-26)25-19-16-6-5-15(28-8-4-7-21)9-17(16)22-13-23-19/h5-6,9-11,13H,4,7-8,12H2,1-3H3,(H,22,23,25). The number of nitrogens with zero attached hydrogens (tertiary/aromatic N) is 4. The van der Waals surface area contributed by atoms with Gasteiger partial charge in [-0.25, -0.2) is 9.97 Å². The molecule has 0 fully saturated rings. The maximum absolute atomic E-state index is 12.0. The number of carbonyl (C=O) groups excluding carboxylic acids is 1. The number of halogens is 1. The summed E-state index contributed by atoms with van der Waals surface area (Å²) in [4.78, 5) is 20.6. The van der Waals surface area contributed by atoms with Gasteiger partial charge in [0.05, 0.1) is 24.0 Å². The van der Waals surface area contributed by atoms with Crippen molar-refractivity contribution in [3.63, 3.8) is 0 Å². The Morgan fingerprint density at radius 1 is 1.28 bits per heavy atom. The molecule has 2 heterocycles. The second-order valence-corrected chi connectivity index (χ2v) is 7.81. The molecule has 29 heavy (non-hydrogen) atoms. The van der Waals surface area contributed by atoms with Crippen LogP contribution in [0.3, 0.4) is 0 Å². The summed E-state index contributed by atoms with van der Waals surface area (Å²) in [5, 5.41) is 8.26. The van der Waals surface area contributed by atoms with Crippen molar-refractivity contribution in [2.24, 2.45) is 0 Å². The molecule has 0 aliphatic carbocycles. The van der Waals surface area contributed by atoms with Crippen LogP contribution >= 0.6 is 11.6 Å². The van der Waals surface area contributed by atoms with E-state index in [4.69, 9.17) is 21.1 Å². The van der Waals surface area contributed by atoms with E-state index >= 15 is 0 Å². The summed E-state index contributed by atoms with van der Waals surface area (Å²) in [6.45, 7) is 6.08. The van der Waals surface area contributed by atoms with E-state index in [1.807, 2.05) is 39.0 Å². The van der Waals surface area contributed by atoms with Crippen molar-refractivity contribution >= 4 is 40.0 Å². The van der Waals surface area contributed by atoms with Gasteiger partial charge in [-0.15, -0.1) is 11.6 Å². The second kappa shape index (κ2) is 9.09. The molecule has 0 saturated carbocycles. The highest BCUT2D eigenvalue weighted by Crippen LogP contribution is 2.26. The quantitative estimate of drug-likeness (QED) is 0.337. The first-order chi connectivity index (χ1) is 13.8. The fourth-order valence-corrected chi connectivity index (χ4v) is 2.74. The number of hydrogen-bond donors (Lipinski definition) is 1. The molecule has 0 saturated heterocycles. The average molecular weight is 418 g/mol. The normalized spacial score (nSPS) is 11.4. The zero-order valence-corrected chi connectivity index (χ0v) is 17.4. The van der Waals surface area contributed by atoms with Crippen LogP contribution in [0.1, 0.15) is 27.2 Å². The Morgan fingerprint density at radius 2 is 2.10 bits per heavy atom. The molecule has 0 aliphatic heterocycles. The first kappa shape index (κ1) is 20.9. The number of alkyl halides is 1. The van der Waals surface area contributed by atoms with Gasteiger partial charge in [0.25, 0.3) is 0 Å². The Labute approximate surface area is 174 Å². The molecule has 3 aromatic rings. The van der Waals surface area contributed by atoms with E-state index < -0.39 is 5.60 Å². The molecule has 0 bridgehead atoms. The maximum atomic E-state index is 12.0. The van der Waals surface area contributed by atoms with Crippen LogP contribution in [0.15, 0.2) is 36.9 Å². The number of nitrogens with one attached hydrogen (secondary N) is 1. The summed E-state index contributed by atoms with van der Waals surface area (Å²) in [5.41, 5.74) is 0.931. The van der Waals surface area contributed by atoms with E-state index in [2.05, 4.69) is 20.4 Å². The lowest BCUT2D eigenvalue weighted by molar-refractivity contribution is -0.155. The highest BCUT2D eigenvalue weighted by Gasteiger charge is 2.17. The summed E-state index contributed by atoms with van der Waals surface area (Å²) in [6.07, 6.45) is 5.62. The van der Waals surface area contributed by atoms with E-state index in [-0.39, 0.29) is 12.5 Å². The van der Waals surface area contributed by atoms with Crippen molar-refractivity contribution in [2.45, 2.75) is 39.3 Å². The van der Waals surface area contributed by atoms with Crippen LogP contribution in [-0.2, 0) is 16.1 Å². The van der Waals surface area contributed by atoms with Gasteiger partial charge >= 0.3 is 5.97 Å². The second-order valence-electron chi connectivity index (χ2n) is 7.43. The molecule has 8 nitrogen and oxygen atoms in total. The van der Waals surface area contributed by atoms with Gasteiger partial charge in [-0.05, 0) is 39.3 Å². The lowest BCUT2D eigenvalue weighted by Crippen LogP contribution is -2.26. The van der Waals surface area contributed by atoms with Crippen LogP contribution in [0.25, 0.3) is 10.9 Å². The molecule has 0 unspecified atom stereocenters. The summed E-state index contributed by atoms with van der Waals surface area (Å²) >= 11 is 5.68. The van der Waals surface area contributed by atoms with Crippen LogP contribution in [-0.4, -0.2) is 43.8 Å². The predicted octanol–water partition coefficient (Wildman–Crippen LogP) is 3.92. The van der Waals surface area contributed by atoms with Gasteiger partial charge in [0, 0.05) is 23.5 Å². The van der Waals surface area contributed by atoms with E-state index in [1.165, 1.54) is 11.0 Å². The number of carbonyl (C=O) groups is 1. The molecule has 0 spiro atoms. The molecular formula is C20H24ClN5O3. The number of hydrogen-bond acceptors (Lipinski definition) is 7. The zero-order chi connectivity index (χ0) is 20.9. The van der Waals surface area contributed by atoms with Crippen molar-refractivity contribution in [3.8, 4) is 5.75 Å². The van der Waals surface area contributed by atoms with Crippen LogP contribution in [0, 0.1) is 0 Å². The largest absolute Gasteiger partial charge is 0.493 e. The SMILES string of the molecule is CC(C)(C)OC(=O)Cn1cc(Nc2ncnc3cc(OCCCCl)ccc23)cn1. The van der Waals surface area contributed by atoms with Crippen molar-refractivity contribution in [2.75, 3.05) is 17.8 Å². The number of rotatable bonds is 8. The van der Waals surface area contributed by atoms with Crippen LogP contribution in [0.5, 0.6) is 5.75 Å².